The van der Waals surface area contributed by atoms with Gasteiger partial charge in [-0.3, -0.25) is 4.79 Å². The number of thioether (sulfide) groups is 1. The van der Waals surface area contributed by atoms with E-state index in [1.165, 1.54) is 23.9 Å². The van der Waals surface area contributed by atoms with Crippen molar-refractivity contribution < 1.29 is 14.3 Å². The standard InChI is InChI=1S/C15H19FN2O2S/c1-10(11-4-6-12(16)7-5-11)17-14-18-13(20)15(2,21-14)8-3-9-19/h4-7,10,19H,3,8-9H2,1-2H3,(H,17,18,20)/t10-,15?/m0/s1. The van der Waals surface area contributed by atoms with Gasteiger partial charge in [0, 0.05) is 6.61 Å². The molecule has 6 heteroatoms. The monoisotopic (exact) mass is 310 g/mol. The summed E-state index contributed by atoms with van der Waals surface area (Å²) in [6.45, 7) is 3.85. The van der Waals surface area contributed by atoms with Gasteiger partial charge in [-0.05, 0) is 44.4 Å². The van der Waals surface area contributed by atoms with Crippen molar-refractivity contribution in [1.82, 2.24) is 5.32 Å². The summed E-state index contributed by atoms with van der Waals surface area (Å²) in [5, 5.41) is 12.7. The van der Waals surface area contributed by atoms with Gasteiger partial charge in [0.2, 0.25) is 0 Å². The Bertz CT molecular complexity index is 547. The zero-order chi connectivity index (χ0) is 15.5. The van der Waals surface area contributed by atoms with Crippen molar-refractivity contribution in [3.63, 3.8) is 0 Å². The first-order chi connectivity index (χ1) is 9.94. The van der Waals surface area contributed by atoms with Gasteiger partial charge in [0.15, 0.2) is 5.17 Å². The van der Waals surface area contributed by atoms with Gasteiger partial charge < -0.3 is 10.4 Å². The molecule has 114 valence electrons. The molecule has 1 amide bonds. The number of hydrogen-bond acceptors (Lipinski definition) is 4. The summed E-state index contributed by atoms with van der Waals surface area (Å²) in [6, 6.07) is 6.17. The van der Waals surface area contributed by atoms with Gasteiger partial charge >= 0.3 is 0 Å². The minimum atomic E-state index is -0.604. The number of nitrogens with one attached hydrogen (secondary N) is 1. The molecule has 0 aliphatic carbocycles. The molecule has 2 rings (SSSR count). The van der Waals surface area contributed by atoms with E-state index < -0.39 is 4.75 Å². The molecule has 1 unspecified atom stereocenters. The molecule has 0 saturated heterocycles. The van der Waals surface area contributed by atoms with E-state index in [0.29, 0.717) is 18.0 Å². The third-order valence-electron chi connectivity index (χ3n) is 3.50. The average molecular weight is 310 g/mol. The summed E-state index contributed by atoms with van der Waals surface area (Å²) in [5.41, 5.74) is 0.927. The molecule has 2 N–H and O–H groups in total. The molecule has 1 aliphatic heterocycles. The molecule has 1 aromatic rings. The summed E-state index contributed by atoms with van der Waals surface area (Å²) >= 11 is 1.39. The maximum absolute atomic E-state index is 12.9. The Balaban J connectivity index is 1.99. The average Bonchev–Trinajstić information content (AvgIpc) is 2.72. The Hall–Kier alpha value is -1.40. The van der Waals surface area contributed by atoms with E-state index in [2.05, 4.69) is 10.3 Å². The fourth-order valence-electron chi connectivity index (χ4n) is 2.15. The number of rotatable bonds is 5. The van der Waals surface area contributed by atoms with Crippen molar-refractivity contribution in [3.05, 3.63) is 35.6 Å². The number of carbonyl (C=O) groups is 1. The van der Waals surface area contributed by atoms with Gasteiger partial charge in [0.25, 0.3) is 5.91 Å². The predicted molar refractivity (Wildman–Crippen MR) is 82.7 cm³/mol. The number of amides is 1. The molecule has 1 heterocycles. The van der Waals surface area contributed by atoms with Crippen LogP contribution in [0.4, 0.5) is 4.39 Å². The molecule has 1 aliphatic rings. The summed E-state index contributed by atoms with van der Waals surface area (Å²) in [4.78, 5) is 16.0. The Morgan fingerprint density at radius 1 is 1.43 bits per heavy atom. The fraction of sp³-hybridized carbons (Fsp3) is 0.467. The maximum Gasteiger partial charge on any atom is 0.264 e. The summed E-state index contributed by atoms with van der Waals surface area (Å²) in [5.74, 6) is -0.444. The number of carbonyl (C=O) groups excluding carboxylic acids is 1. The third-order valence-corrected chi connectivity index (χ3v) is 4.73. The second-order valence-corrected chi connectivity index (χ2v) is 6.79. The maximum atomic E-state index is 12.9. The van der Waals surface area contributed by atoms with E-state index in [-0.39, 0.29) is 24.4 Å². The quantitative estimate of drug-likeness (QED) is 0.877. The van der Waals surface area contributed by atoms with Gasteiger partial charge in [-0.2, -0.15) is 4.99 Å². The van der Waals surface area contributed by atoms with E-state index in [0.717, 1.165) is 5.56 Å². The minimum absolute atomic E-state index is 0.0650. The van der Waals surface area contributed by atoms with Crippen LogP contribution in [0.5, 0.6) is 0 Å². The van der Waals surface area contributed by atoms with Crippen molar-refractivity contribution in [2.24, 2.45) is 4.99 Å². The van der Waals surface area contributed by atoms with Gasteiger partial charge in [0.1, 0.15) is 10.6 Å². The zero-order valence-electron chi connectivity index (χ0n) is 12.1. The lowest BCUT2D eigenvalue weighted by Crippen LogP contribution is -2.29. The Morgan fingerprint density at radius 2 is 2.10 bits per heavy atom. The normalized spacial score (nSPS) is 23.0. The van der Waals surface area contributed by atoms with Crippen LogP contribution in [-0.2, 0) is 4.79 Å². The van der Waals surface area contributed by atoms with E-state index >= 15 is 0 Å². The van der Waals surface area contributed by atoms with Crippen LogP contribution >= 0.6 is 11.8 Å². The molecule has 0 spiro atoms. The zero-order valence-corrected chi connectivity index (χ0v) is 12.9. The van der Waals surface area contributed by atoms with Gasteiger partial charge in [-0.1, -0.05) is 23.9 Å². The second kappa shape index (κ2) is 6.58. The molecular formula is C15H19FN2O2S. The molecule has 0 saturated carbocycles. The first-order valence-electron chi connectivity index (χ1n) is 6.89. The number of aliphatic imine (C=N–C) groups is 1. The number of nitrogens with zero attached hydrogens (tertiary/aromatic N) is 1. The lowest BCUT2D eigenvalue weighted by Gasteiger charge is -2.20. The smallest absolute Gasteiger partial charge is 0.264 e. The number of amidine groups is 1. The molecule has 1 aromatic carbocycles. The highest BCUT2D eigenvalue weighted by Crippen LogP contribution is 2.37. The topological polar surface area (TPSA) is 61.7 Å². The Kier molecular flexibility index (Phi) is 5.00. The van der Waals surface area contributed by atoms with E-state index in [1.54, 1.807) is 12.1 Å². The molecular weight excluding hydrogens is 291 g/mol. The summed E-state index contributed by atoms with van der Waals surface area (Å²) < 4.78 is 12.3. The number of halogens is 1. The highest BCUT2D eigenvalue weighted by Gasteiger charge is 2.40. The number of hydrogen-bond donors (Lipinski definition) is 2. The first kappa shape index (κ1) is 16.0. The second-order valence-electron chi connectivity index (χ2n) is 5.30. The van der Waals surface area contributed by atoms with Crippen LogP contribution in [0.1, 0.15) is 38.3 Å². The molecule has 21 heavy (non-hydrogen) atoms. The van der Waals surface area contributed by atoms with Crippen LogP contribution in [0.15, 0.2) is 29.3 Å². The number of benzene rings is 1. The molecule has 2 atom stereocenters. The number of aliphatic hydroxyl groups excluding tert-OH is 1. The third kappa shape index (κ3) is 3.83. The lowest BCUT2D eigenvalue weighted by molar-refractivity contribution is -0.119. The van der Waals surface area contributed by atoms with Gasteiger partial charge in [-0.15, -0.1) is 0 Å². The van der Waals surface area contributed by atoms with E-state index in [9.17, 15) is 9.18 Å². The Morgan fingerprint density at radius 3 is 2.71 bits per heavy atom. The van der Waals surface area contributed by atoms with Crippen LogP contribution in [0, 0.1) is 5.82 Å². The van der Waals surface area contributed by atoms with Crippen LogP contribution in [-0.4, -0.2) is 27.5 Å². The van der Waals surface area contributed by atoms with Gasteiger partial charge in [0.05, 0.1) is 6.04 Å². The first-order valence-corrected chi connectivity index (χ1v) is 7.71. The lowest BCUT2D eigenvalue weighted by atomic mass is 10.0. The largest absolute Gasteiger partial charge is 0.396 e. The Labute approximate surface area is 127 Å². The molecule has 0 aromatic heterocycles. The highest BCUT2D eigenvalue weighted by molar-refractivity contribution is 8.16. The van der Waals surface area contributed by atoms with Crippen LogP contribution in [0.25, 0.3) is 0 Å². The predicted octanol–water partition coefficient (Wildman–Crippen LogP) is 2.64. The number of aliphatic hydroxyl groups is 1. The molecule has 4 nitrogen and oxygen atoms in total. The minimum Gasteiger partial charge on any atom is -0.396 e. The fourth-order valence-corrected chi connectivity index (χ4v) is 3.32. The van der Waals surface area contributed by atoms with Crippen LogP contribution < -0.4 is 5.32 Å². The van der Waals surface area contributed by atoms with Crippen molar-refractivity contribution in [3.8, 4) is 0 Å². The van der Waals surface area contributed by atoms with Crippen LogP contribution in [0.3, 0.4) is 0 Å². The van der Waals surface area contributed by atoms with E-state index in [4.69, 9.17) is 5.11 Å². The van der Waals surface area contributed by atoms with E-state index in [1.807, 2.05) is 13.8 Å². The highest BCUT2D eigenvalue weighted by atomic mass is 32.2. The van der Waals surface area contributed by atoms with Crippen molar-refractivity contribution >= 4 is 22.8 Å². The van der Waals surface area contributed by atoms with Gasteiger partial charge in [-0.25, -0.2) is 4.39 Å². The van der Waals surface area contributed by atoms with Crippen molar-refractivity contribution in [1.29, 1.82) is 0 Å². The SMILES string of the molecule is C[C@H](NC1=NC(=O)C(C)(CCCO)S1)c1ccc(F)cc1. The molecule has 0 fully saturated rings. The summed E-state index contributed by atoms with van der Waals surface area (Å²) in [6.07, 6.45) is 1.16. The van der Waals surface area contributed by atoms with Crippen molar-refractivity contribution in [2.75, 3.05) is 6.61 Å². The molecule has 0 radical (unpaired) electrons. The van der Waals surface area contributed by atoms with Crippen LogP contribution in [0.2, 0.25) is 0 Å². The van der Waals surface area contributed by atoms with Crippen molar-refractivity contribution in [2.45, 2.75) is 37.5 Å². The summed E-state index contributed by atoms with van der Waals surface area (Å²) in [7, 11) is 0. The molecule has 0 bridgehead atoms.